The standard InChI is InChI=1S/C19H29N3O4.ClH/c1-19(2,3)18(24)22-14-10-16(26-5)15(25-4)9-13(14)17(23)21-12-7-6-8-20-11-12;/h9-10,12,20H,6-8,11H2,1-5H3,(H,21,23)(H,22,24);1H/t12-;/m0./s1. The maximum Gasteiger partial charge on any atom is 0.253 e. The minimum Gasteiger partial charge on any atom is -0.493 e. The fourth-order valence-electron chi connectivity index (χ4n) is 2.72. The van der Waals surface area contributed by atoms with Crippen LogP contribution in [0.15, 0.2) is 12.1 Å². The van der Waals surface area contributed by atoms with Gasteiger partial charge in [-0.1, -0.05) is 20.8 Å². The lowest BCUT2D eigenvalue weighted by molar-refractivity contribution is -0.123. The van der Waals surface area contributed by atoms with Crippen LogP contribution in [0.25, 0.3) is 0 Å². The van der Waals surface area contributed by atoms with Gasteiger partial charge in [-0.3, -0.25) is 9.59 Å². The highest BCUT2D eigenvalue weighted by Gasteiger charge is 2.26. The average molecular weight is 400 g/mol. The van der Waals surface area contributed by atoms with E-state index in [0.717, 1.165) is 25.9 Å². The third-order valence-corrected chi connectivity index (χ3v) is 4.33. The molecule has 1 aromatic rings. The molecule has 0 unspecified atom stereocenters. The molecule has 1 aromatic carbocycles. The van der Waals surface area contributed by atoms with Crippen LogP contribution in [0.2, 0.25) is 0 Å². The van der Waals surface area contributed by atoms with Crippen LogP contribution in [0.5, 0.6) is 11.5 Å². The third kappa shape index (κ3) is 6.01. The molecule has 1 heterocycles. The number of carbonyl (C=O) groups is 2. The third-order valence-electron chi connectivity index (χ3n) is 4.33. The Morgan fingerprint density at radius 3 is 2.30 bits per heavy atom. The minimum absolute atomic E-state index is 0. The van der Waals surface area contributed by atoms with Crippen LogP contribution in [0.1, 0.15) is 44.0 Å². The Morgan fingerprint density at radius 1 is 1.15 bits per heavy atom. The van der Waals surface area contributed by atoms with Crippen molar-refractivity contribution >= 4 is 29.9 Å². The van der Waals surface area contributed by atoms with Gasteiger partial charge in [0, 0.05) is 24.1 Å². The average Bonchev–Trinajstić information content (AvgIpc) is 2.61. The molecular weight excluding hydrogens is 370 g/mol. The summed E-state index contributed by atoms with van der Waals surface area (Å²) in [6, 6.07) is 3.29. The molecule has 0 radical (unpaired) electrons. The molecule has 1 atom stereocenters. The number of nitrogens with one attached hydrogen (secondary N) is 3. The molecule has 1 aliphatic heterocycles. The monoisotopic (exact) mass is 399 g/mol. The van der Waals surface area contributed by atoms with Gasteiger partial charge in [0.2, 0.25) is 5.91 Å². The molecule has 0 aliphatic carbocycles. The van der Waals surface area contributed by atoms with E-state index >= 15 is 0 Å². The molecule has 0 spiro atoms. The van der Waals surface area contributed by atoms with Crippen molar-refractivity contribution in [3.05, 3.63) is 17.7 Å². The van der Waals surface area contributed by atoms with Crippen molar-refractivity contribution in [2.75, 3.05) is 32.6 Å². The summed E-state index contributed by atoms with van der Waals surface area (Å²) in [5.74, 6) is 0.461. The van der Waals surface area contributed by atoms with Gasteiger partial charge >= 0.3 is 0 Å². The van der Waals surface area contributed by atoms with Gasteiger partial charge in [-0.25, -0.2) is 0 Å². The van der Waals surface area contributed by atoms with Crippen molar-refractivity contribution in [1.29, 1.82) is 0 Å². The number of ether oxygens (including phenoxy) is 2. The first-order valence-corrected chi connectivity index (χ1v) is 8.85. The number of hydrogen-bond acceptors (Lipinski definition) is 5. The fourth-order valence-corrected chi connectivity index (χ4v) is 2.72. The van der Waals surface area contributed by atoms with Gasteiger partial charge in [-0.05, 0) is 25.5 Å². The van der Waals surface area contributed by atoms with Crippen molar-refractivity contribution in [2.45, 2.75) is 39.7 Å². The zero-order valence-electron chi connectivity index (χ0n) is 16.6. The molecule has 0 saturated carbocycles. The molecule has 27 heavy (non-hydrogen) atoms. The molecule has 2 rings (SSSR count). The van der Waals surface area contributed by atoms with E-state index in [1.807, 2.05) is 20.8 Å². The highest BCUT2D eigenvalue weighted by atomic mass is 35.5. The van der Waals surface area contributed by atoms with Gasteiger partial charge in [0.05, 0.1) is 25.5 Å². The van der Waals surface area contributed by atoms with E-state index < -0.39 is 5.41 Å². The summed E-state index contributed by atoms with van der Waals surface area (Å²) in [6.07, 6.45) is 1.94. The molecule has 3 N–H and O–H groups in total. The van der Waals surface area contributed by atoms with E-state index in [1.54, 1.807) is 12.1 Å². The first-order chi connectivity index (χ1) is 12.3. The molecule has 2 amide bonds. The van der Waals surface area contributed by atoms with Crippen molar-refractivity contribution in [3.63, 3.8) is 0 Å². The Balaban J connectivity index is 0.00000364. The predicted octanol–water partition coefficient (Wildman–Crippen LogP) is 2.59. The lowest BCUT2D eigenvalue weighted by atomic mass is 9.95. The van der Waals surface area contributed by atoms with Crippen LogP contribution in [0.3, 0.4) is 0 Å². The lowest BCUT2D eigenvalue weighted by Crippen LogP contribution is -2.45. The topological polar surface area (TPSA) is 88.7 Å². The van der Waals surface area contributed by atoms with Gasteiger partial charge in [0.1, 0.15) is 0 Å². The number of hydrogen-bond donors (Lipinski definition) is 3. The van der Waals surface area contributed by atoms with Gasteiger partial charge < -0.3 is 25.4 Å². The summed E-state index contributed by atoms with van der Waals surface area (Å²) in [5, 5.41) is 9.14. The number of anilines is 1. The van der Waals surface area contributed by atoms with E-state index in [1.165, 1.54) is 14.2 Å². The van der Waals surface area contributed by atoms with Crippen LogP contribution in [0.4, 0.5) is 5.69 Å². The van der Waals surface area contributed by atoms with E-state index in [9.17, 15) is 9.59 Å². The van der Waals surface area contributed by atoms with Crippen molar-refractivity contribution in [3.8, 4) is 11.5 Å². The molecule has 1 aliphatic rings. The van der Waals surface area contributed by atoms with E-state index in [4.69, 9.17) is 9.47 Å². The van der Waals surface area contributed by atoms with Gasteiger partial charge in [-0.2, -0.15) is 0 Å². The first-order valence-electron chi connectivity index (χ1n) is 8.85. The van der Waals surface area contributed by atoms with Crippen molar-refractivity contribution < 1.29 is 19.1 Å². The maximum atomic E-state index is 12.8. The maximum absolute atomic E-state index is 12.8. The Bertz CT molecular complexity index is 668. The van der Waals surface area contributed by atoms with Gasteiger partial charge in [0.25, 0.3) is 5.91 Å². The minimum atomic E-state index is -0.589. The number of amides is 2. The highest BCUT2D eigenvalue weighted by Crippen LogP contribution is 2.34. The summed E-state index contributed by atoms with van der Waals surface area (Å²) >= 11 is 0. The van der Waals surface area contributed by atoms with Crippen molar-refractivity contribution in [2.24, 2.45) is 5.41 Å². The lowest BCUT2D eigenvalue weighted by Gasteiger charge is -2.25. The Labute approximate surface area is 167 Å². The van der Waals surface area contributed by atoms with E-state index in [0.29, 0.717) is 22.7 Å². The second kappa shape index (κ2) is 9.80. The SMILES string of the molecule is COc1cc(NC(=O)C(C)(C)C)c(C(=O)N[C@H]2CCCNC2)cc1OC.Cl. The smallest absolute Gasteiger partial charge is 0.253 e. The number of halogens is 1. The van der Waals surface area contributed by atoms with Gasteiger partial charge in [0.15, 0.2) is 11.5 Å². The van der Waals surface area contributed by atoms with E-state index in [2.05, 4.69) is 16.0 Å². The molecule has 1 fully saturated rings. The molecule has 0 bridgehead atoms. The molecule has 0 aromatic heterocycles. The summed E-state index contributed by atoms with van der Waals surface area (Å²) < 4.78 is 10.6. The number of rotatable bonds is 5. The number of methoxy groups -OCH3 is 2. The normalized spacial score (nSPS) is 16.7. The quantitative estimate of drug-likeness (QED) is 0.708. The van der Waals surface area contributed by atoms with Crippen LogP contribution in [0, 0.1) is 5.41 Å². The largest absolute Gasteiger partial charge is 0.493 e. The summed E-state index contributed by atoms with van der Waals surface area (Å²) in [7, 11) is 3.03. The first kappa shape index (κ1) is 23.0. The van der Waals surface area contributed by atoms with Gasteiger partial charge in [-0.15, -0.1) is 12.4 Å². The molecular formula is C19H30ClN3O4. The Hall–Kier alpha value is -1.99. The Morgan fingerprint density at radius 2 is 1.78 bits per heavy atom. The predicted molar refractivity (Wildman–Crippen MR) is 108 cm³/mol. The summed E-state index contributed by atoms with van der Waals surface area (Å²) in [6.45, 7) is 7.15. The number of benzene rings is 1. The number of carbonyl (C=O) groups excluding carboxylic acids is 2. The van der Waals surface area contributed by atoms with Crippen LogP contribution < -0.4 is 25.4 Å². The Kier molecular flexibility index (Phi) is 8.37. The molecule has 152 valence electrons. The number of piperidine rings is 1. The molecule has 8 heteroatoms. The van der Waals surface area contributed by atoms with Crippen molar-refractivity contribution in [1.82, 2.24) is 10.6 Å². The zero-order chi connectivity index (χ0) is 19.3. The summed E-state index contributed by atoms with van der Waals surface area (Å²) in [4.78, 5) is 25.3. The van der Waals surface area contributed by atoms with Crippen LogP contribution >= 0.6 is 12.4 Å². The zero-order valence-corrected chi connectivity index (χ0v) is 17.4. The fraction of sp³-hybridized carbons (Fsp3) is 0.579. The second-order valence-corrected chi connectivity index (χ2v) is 7.47. The summed E-state index contributed by atoms with van der Waals surface area (Å²) in [5.41, 5.74) is 0.170. The highest BCUT2D eigenvalue weighted by molar-refractivity contribution is 6.05. The van der Waals surface area contributed by atoms with Crippen LogP contribution in [-0.2, 0) is 4.79 Å². The molecule has 7 nitrogen and oxygen atoms in total. The van der Waals surface area contributed by atoms with E-state index in [-0.39, 0.29) is 30.3 Å². The second-order valence-electron chi connectivity index (χ2n) is 7.47. The molecule has 1 saturated heterocycles. The van der Waals surface area contributed by atoms with Crippen LogP contribution in [-0.4, -0.2) is 45.2 Å².